The Labute approximate surface area is 198 Å². The zero-order valence-electron chi connectivity index (χ0n) is 18.2. The van der Waals surface area contributed by atoms with Crippen LogP contribution in [0.1, 0.15) is 16.7 Å². The lowest BCUT2D eigenvalue weighted by atomic mass is 9.68. The van der Waals surface area contributed by atoms with Crippen LogP contribution in [0.15, 0.2) is 99.5 Å². The predicted molar refractivity (Wildman–Crippen MR) is 126 cm³/mol. The average Bonchev–Trinajstić information content (AvgIpc) is 3.15. The van der Waals surface area contributed by atoms with Crippen molar-refractivity contribution in [3.05, 3.63) is 117 Å². The third-order valence-electron chi connectivity index (χ3n) is 6.31. The first-order chi connectivity index (χ1) is 17.0. The van der Waals surface area contributed by atoms with E-state index in [2.05, 4.69) is 5.32 Å². The fourth-order valence-corrected chi connectivity index (χ4v) is 4.82. The molecule has 0 saturated carbocycles. The molecule has 1 spiro atoms. The van der Waals surface area contributed by atoms with Gasteiger partial charge in [-0.3, -0.25) is 4.79 Å². The second kappa shape index (κ2) is 7.59. The van der Waals surface area contributed by atoms with Gasteiger partial charge in [-0.15, -0.1) is 0 Å². The van der Waals surface area contributed by atoms with Gasteiger partial charge in [-0.1, -0.05) is 60.7 Å². The van der Waals surface area contributed by atoms with Crippen molar-refractivity contribution in [2.45, 2.75) is 12.0 Å². The van der Waals surface area contributed by atoms with Gasteiger partial charge >= 0.3 is 11.6 Å². The Morgan fingerprint density at radius 3 is 2.49 bits per heavy atom. The molecule has 2 aliphatic heterocycles. The van der Waals surface area contributed by atoms with E-state index in [1.807, 2.05) is 18.2 Å². The van der Waals surface area contributed by atoms with Crippen LogP contribution in [0.2, 0.25) is 0 Å². The molecule has 2 aliphatic rings. The molecule has 8 nitrogen and oxygen atoms in total. The van der Waals surface area contributed by atoms with Gasteiger partial charge in [0.1, 0.15) is 28.7 Å². The van der Waals surface area contributed by atoms with Crippen LogP contribution < -0.4 is 21.4 Å². The summed E-state index contributed by atoms with van der Waals surface area (Å²) in [5.74, 6) is -1.75. The number of nitrogens with two attached hydrogens (primary N) is 1. The molecule has 3 N–H and O–H groups in total. The number of benzene rings is 3. The first-order valence-corrected chi connectivity index (χ1v) is 10.9. The fraction of sp³-hybridized carbons (Fsp3) is 0.0741. The van der Waals surface area contributed by atoms with E-state index in [1.54, 1.807) is 60.7 Å². The van der Waals surface area contributed by atoms with Crippen LogP contribution in [0.25, 0.3) is 11.0 Å². The molecular weight excluding hydrogens is 448 g/mol. The van der Waals surface area contributed by atoms with E-state index < -0.39 is 22.9 Å². The second-order valence-electron chi connectivity index (χ2n) is 8.24. The van der Waals surface area contributed by atoms with Crippen molar-refractivity contribution < 1.29 is 23.5 Å². The summed E-state index contributed by atoms with van der Waals surface area (Å²) in [5, 5.41) is 3.22. The summed E-state index contributed by atoms with van der Waals surface area (Å²) in [7, 11) is 0. The molecule has 0 aliphatic carbocycles. The van der Waals surface area contributed by atoms with E-state index >= 15 is 0 Å². The number of fused-ring (bicyclic) bond motifs is 6. The molecular formula is C27H18N2O6. The summed E-state index contributed by atoms with van der Waals surface area (Å²) in [6.45, 7) is -0.0605. The molecule has 0 saturated heterocycles. The maximum absolute atomic E-state index is 13.7. The SMILES string of the molecule is NC1=C(C(=O)OCc2ccccc2)[C@@]2(C(=O)Nc3ccccc32)c2c(c3ccccc3oc2=O)O1. The van der Waals surface area contributed by atoms with Crippen molar-refractivity contribution in [3.8, 4) is 5.75 Å². The van der Waals surface area contributed by atoms with Crippen LogP contribution in [0.3, 0.4) is 0 Å². The number of hydrogen-bond acceptors (Lipinski definition) is 7. The van der Waals surface area contributed by atoms with Gasteiger partial charge < -0.3 is 24.9 Å². The molecule has 1 atom stereocenters. The number of ether oxygens (including phenoxy) is 2. The van der Waals surface area contributed by atoms with Gasteiger partial charge in [-0.25, -0.2) is 9.59 Å². The van der Waals surface area contributed by atoms with Crippen LogP contribution in [0.5, 0.6) is 5.75 Å². The molecule has 1 aromatic heterocycles. The van der Waals surface area contributed by atoms with Gasteiger partial charge in [0.15, 0.2) is 5.75 Å². The topological polar surface area (TPSA) is 121 Å². The normalized spacial score (nSPS) is 18.1. The van der Waals surface area contributed by atoms with E-state index in [4.69, 9.17) is 19.6 Å². The minimum atomic E-state index is -1.91. The molecule has 4 aromatic rings. The average molecular weight is 466 g/mol. The number of carbonyl (C=O) groups is 2. The van der Waals surface area contributed by atoms with Gasteiger partial charge in [-0.2, -0.15) is 0 Å². The number of esters is 1. The van der Waals surface area contributed by atoms with Gasteiger partial charge in [0.2, 0.25) is 11.8 Å². The maximum atomic E-state index is 13.7. The Morgan fingerprint density at radius 2 is 1.66 bits per heavy atom. The highest BCUT2D eigenvalue weighted by molar-refractivity contribution is 6.18. The molecule has 0 fully saturated rings. The maximum Gasteiger partial charge on any atom is 0.345 e. The first-order valence-electron chi connectivity index (χ1n) is 10.9. The number of amides is 1. The lowest BCUT2D eigenvalue weighted by molar-refractivity contribution is -0.142. The highest BCUT2D eigenvalue weighted by Gasteiger charge is 2.60. The van der Waals surface area contributed by atoms with Crippen molar-refractivity contribution in [1.82, 2.24) is 0 Å². The Hall–Kier alpha value is -4.85. The van der Waals surface area contributed by atoms with Gasteiger partial charge in [0.05, 0.1) is 5.39 Å². The Balaban J connectivity index is 1.61. The molecule has 0 unspecified atom stereocenters. The molecule has 8 heteroatoms. The summed E-state index contributed by atoms with van der Waals surface area (Å²) < 4.78 is 17.0. The lowest BCUT2D eigenvalue weighted by Gasteiger charge is -2.34. The molecule has 3 heterocycles. The summed E-state index contributed by atoms with van der Waals surface area (Å²) in [6, 6.07) is 22.6. The van der Waals surface area contributed by atoms with E-state index in [9.17, 15) is 14.4 Å². The van der Waals surface area contributed by atoms with Gasteiger partial charge in [0.25, 0.3) is 0 Å². The molecule has 6 rings (SSSR count). The van der Waals surface area contributed by atoms with Crippen LogP contribution in [-0.2, 0) is 26.3 Å². The minimum absolute atomic E-state index is 0.0605. The minimum Gasteiger partial charge on any atom is -0.457 e. The van der Waals surface area contributed by atoms with E-state index in [-0.39, 0.29) is 35.0 Å². The number of nitrogens with one attached hydrogen (secondary N) is 1. The number of rotatable bonds is 3. The van der Waals surface area contributed by atoms with Crippen LogP contribution in [0.4, 0.5) is 5.69 Å². The zero-order valence-corrected chi connectivity index (χ0v) is 18.2. The van der Waals surface area contributed by atoms with E-state index in [0.717, 1.165) is 5.56 Å². The van der Waals surface area contributed by atoms with Crippen molar-refractivity contribution >= 4 is 28.5 Å². The van der Waals surface area contributed by atoms with Crippen molar-refractivity contribution in [2.75, 3.05) is 5.32 Å². The first kappa shape index (κ1) is 20.7. The molecule has 1 amide bonds. The van der Waals surface area contributed by atoms with E-state index in [1.165, 1.54) is 0 Å². The highest BCUT2D eigenvalue weighted by atomic mass is 16.5. The number of carbonyl (C=O) groups excluding carboxylic acids is 2. The summed E-state index contributed by atoms with van der Waals surface area (Å²) in [4.78, 5) is 40.7. The smallest absolute Gasteiger partial charge is 0.345 e. The van der Waals surface area contributed by atoms with Crippen molar-refractivity contribution in [3.63, 3.8) is 0 Å². The van der Waals surface area contributed by atoms with Crippen LogP contribution in [-0.4, -0.2) is 11.9 Å². The second-order valence-corrected chi connectivity index (χ2v) is 8.24. The van der Waals surface area contributed by atoms with Gasteiger partial charge in [-0.05, 0) is 23.8 Å². The molecule has 35 heavy (non-hydrogen) atoms. The molecule has 0 radical (unpaired) electrons. The Kier molecular flexibility index (Phi) is 4.50. The highest BCUT2D eigenvalue weighted by Crippen LogP contribution is 2.53. The summed E-state index contributed by atoms with van der Waals surface area (Å²) in [5.41, 5.74) is 5.03. The standard InChI is InChI=1S/C27H18N2O6/c28-23-21(24(30)33-14-15-8-2-1-3-9-15)27(17-11-5-6-12-18(17)29-26(27)32)20-22(35-23)16-10-4-7-13-19(16)34-25(20)31/h1-13H,14,28H2,(H,29,32)/t27-/m0/s1. The van der Waals surface area contributed by atoms with Crippen molar-refractivity contribution in [1.29, 1.82) is 0 Å². The zero-order chi connectivity index (χ0) is 24.2. The lowest BCUT2D eigenvalue weighted by Crippen LogP contribution is -2.48. The third kappa shape index (κ3) is 2.90. The third-order valence-corrected chi connectivity index (χ3v) is 6.31. The monoisotopic (exact) mass is 466 g/mol. The Bertz CT molecular complexity index is 1620. The quantitative estimate of drug-likeness (QED) is 0.351. The van der Waals surface area contributed by atoms with Crippen LogP contribution >= 0.6 is 0 Å². The van der Waals surface area contributed by atoms with Crippen molar-refractivity contribution in [2.24, 2.45) is 5.73 Å². The molecule has 3 aromatic carbocycles. The number of anilines is 1. The molecule has 0 bridgehead atoms. The summed E-state index contributed by atoms with van der Waals surface area (Å²) in [6.07, 6.45) is 0. The Morgan fingerprint density at radius 1 is 0.943 bits per heavy atom. The number of para-hydroxylation sites is 2. The predicted octanol–water partition coefficient (Wildman–Crippen LogP) is 3.34. The van der Waals surface area contributed by atoms with Crippen LogP contribution in [0, 0.1) is 0 Å². The van der Waals surface area contributed by atoms with E-state index in [0.29, 0.717) is 16.6 Å². The van der Waals surface area contributed by atoms with Gasteiger partial charge in [0, 0.05) is 11.3 Å². The largest absolute Gasteiger partial charge is 0.457 e. The number of hydrogen-bond donors (Lipinski definition) is 2. The summed E-state index contributed by atoms with van der Waals surface area (Å²) >= 11 is 0. The fourth-order valence-electron chi connectivity index (χ4n) is 4.82. The molecule has 172 valence electrons.